The van der Waals surface area contributed by atoms with Gasteiger partial charge in [-0.05, 0) is 18.5 Å². The monoisotopic (exact) mass is 237 g/mol. The van der Waals surface area contributed by atoms with Gasteiger partial charge in [0.25, 0.3) is 0 Å². The summed E-state index contributed by atoms with van der Waals surface area (Å²) in [6.07, 6.45) is 3.84. The summed E-state index contributed by atoms with van der Waals surface area (Å²) in [5.41, 5.74) is 14.1. The molecule has 92 valence electrons. The highest BCUT2D eigenvalue weighted by atomic mass is 16.1. The summed E-state index contributed by atoms with van der Waals surface area (Å²) in [5.74, 6) is -0.461. The van der Waals surface area contributed by atoms with Gasteiger partial charge in [0, 0.05) is 18.5 Å². The fourth-order valence-corrected chi connectivity index (χ4v) is 1.44. The maximum Gasteiger partial charge on any atom is 0.240 e. The van der Waals surface area contributed by atoms with Gasteiger partial charge in [0.1, 0.15) is 6.04 Å². The molecule has 0 saturated heterocycles. The number of aryl methyl sites for hydroxylation is 1. The van der Waals surface area contributed by atoms with Crippen LogP contribution in [0.25, 0.3) is 10.4 Å². The molecule has 17 heavy (non-hydrogen) atoms. The van der Waals surface area contributed by atoms with E-state index in [2.05, 4.69) is 20.3 Å². The molecule has 0 aromatic carbocycles. The number of aromatic nitrogens is 2. The van der Waals surface area contributed by atoms with Crippen LogP contribution in [0.2, 0.25) is 0 Å². The fraction of sp³-hybridized carbons (Fsp3) is 0.556. The number of azide groups is 1. The highest BCUT2D eigenvalue weighted by Gasteiger charge is 2.19. The summed E-state index contributed by atoms with van der Waals surface area (Å²) >= 11 is 0. The predicted octanol–water partition coefficient (Wildman–Crippen LogP) is 0.236. The average Bonchev–Trinajstić information content (AvgIpc) is 2.69. The molecule has 1 aromatic heterocycles. The Kier molecular flexibility index (Phi) is 4.99. The molecule has 0 radical (unpaired) electrons. The molecule has 0 aliphatic rings. The van der Waals surface area contributed by atoms with Gasteiger partial charge in [0.2, 0.25) is 5.91 Å². The summed E-state index contributed by atoms with van der Waals surface area (Å²) in [7, 11) is 1.79. The molecular formula is C9H15N7O. The lowest BCUT2D eigenvalue weighted by atomic mass is 10.2. The van der Waals surface area contributed by atoms with Crippen molar-refractivity contribution in [1.82, 2.24) is 14.9 Å². The molecule has 0 aliphatic heterocycles. The van der Waals surface area contributed by atoms with E-state index in [1.807, 2.05) is 0 Å². The minimum Gasteiger partial charge on any atom is -0.368 e. The molecule has 3 N–H and O–H groups in total. The van der Waals surface area contributed by atoms with Crippen LogP contribution in [-0.2, 0) is 11.8 Å². The van der Waals surface area contributed by atoms with Crippen molar-refractivity contribution < 1.29 is 4.79 Å². The molecule has 0 fully saturated rings. The number of hydrogen-bond donors (Lipinski definition) is 2. The van der Waals surface area contributed by atoms with Gasteiger partial charge >= 0.3 is 0 Å². The summed E-state index contributed by atoms with van der Waals surface area (Å²) < 4.78 is 1.73. The number of nitrogens with two attached hydrogens (primary N) is 1. The highest BCUT2D eigenvalue weighted by Crippen LogP contribution is 2.10. The van der Waals surface area contributed by atoms with Crippen LogP contribution in [0.15, 0.2) is 17.6 Å². The quantitative estimate of drug-likeness (QED) is 0.305. The zero-order chi connectivity index (χ0) is 12.7. The molecule has 0 bridgehead atoms. The molecule has 0 spiro atoms. The zero-order valence-electron chi connectivity index (χ0n) is 9.58. The molecule has 1 amide bonds. The molecule has 1 aromatic rings. The number of imidazole rings is 1. The number of carbonyl (C=O) groups is 1. The number of carbonyl (C=O) groups excluding carboxylic acids is 1. The van der Waals surface area contributed by atoms with E-state index in [4.69, 9.17) is 11.3 Å². The van der Waals surface area contributed by atoms with Gasteiger partial charge in [-0.15, -0.1) is 0 Å². The van der Waals surface area contributed by atoms with E-state index in [0.717, 1.165) is 0 Å². The first kappa shape index (κ1) is 13.0. The van der Waals surface area contributed by atoms with E-state index in [-0.39, 0.29) is 0 Å². The molecule has 1 unspecified atom stereocenters. The summed E-state index contributed by atoms with van der Waals surface area (Å²) in [5, 5.41) is 6.40. The van der Waals surface area contributed by atoms with Gasteiger partial charge in [0.05, 0.1) is 18.2 Å². The molecule has 8 nitrogen and oxygen atoms in total. The Balaban J connectivity index is 2.53. The highest BCUT2D eigenvalue weighted by molar-refractivity contribution is 5.80. The lowest BCUT2D eigenvalue weighted by molar-refractivity contribution is -0.120. The second-order valence-corrected chi connectivity index (χ2v) is 3.53. The number of amides is 1. The Morgan fingerprint density at radius 2 is 2.59 bits per heavy atom. The maximum atomic E-state index is 11.3. The van der Waals surface area contributed by atoms with E-state index < -0.39 is 11.9 Å². The van der Waals surface area contributed by atoms with Crippen molar-refractivity contribution in [3.8, 4) is 0 Å². The Morgan fingerprint density at radius 1 is 1.82 bits per heavy atom. The molecule has 8 heteroatoms. The van der Waals surface area contributed by atoms with Gasteiger partial charge in [0.15, 0.2) is 0 Å². The molecule has 1 heterocycles. The van der Waals surface area contributed by atoms with Crippen LogP contribution in [0.4, 0.5) is 0 Å². The van der Waals surface area contributed by atoms with Crippen LogP contribution in [0.3, 0.4) is 0 Å². The van der Waals surface area contributed by atoms with Crippen molar-refractivity contribution in [1.29, 1.82) is 0 Å². The van der Waals surface area contributed by atoms with Crippen LogP contribution >= 0.6 is 0 Å². The number of nitrogens with zero attached hydrogens (tertiary/aromatic N) is 5. The van der Waals surface area contributed by atoms with Crippen LogP contribution in [0.5, 0.6) is 0 Å². The van der Waals surface area contributed by atoms with Gasteiger partial charge in [-0.2, -0.15) is 0 Å². The third kappa shape index (κ3) is 3.78. The third-order valence-corrected chi connectivity index (χ3v) is 2.28. The van der Waals surface area contributed by atoms with E-state index in [1.165, 1.54) is 0 Å². The van der Waals surface area contributed by atoms with E-state index in [9.17, 15) is 4.79 Å². The van der Waals surface area contributed by atoms with E-state index in [0.29, 0.717) is 25.2 Å². The Bertz CT molecular complexity index is 421. The van der Waals surface area contributed by atoms with Crippen LogP contribution in [0, 0.1) is 0 Å². The smallest absolute Gasteiger partial charge is 0.240 e. The number of hydrogen-bond acceptors (Lipinski definition) is 4. The van der Waals surface area contributed by atoms with Crippen LogP contribution in [-0.4, -0.2) is 28.5 Å². The third-order valence-electron chi connectivity index (χ3n) is 2.28. The van der Waals surface area contributed by atoms with Crippen LogP contribution in [0.1, 0.15) is 18.2 Å². The average molecular weight is 237 g/mol. The maximum absolute atomic E-state index is 11.3. The van der Waals surface area contributed by atoms with Crippen molar-refractivity contribution in [2.75, 3.05) is 13.1 Å². The molecule has 0 saturated carbocycles. The lowest BCUT2D eigenvalue weighted by Crippen LogP contribution is -2.35. The fourth-order valence-electron chi connectivity index (χ4n) is 1.44. The largest absolute Gasteiger partial charge is 0.368 e. The van der Waals surface area contributed by atoms with Gasteiger partial charge in [-0.3, -0.25) is 4.79 Å². The Labute approximate surface area is 98.4 Å². The number of nitrogens with one attached hydrogen (secondary N) is 1. The second kappa shape index (κ2) is 6.51. The second-order valence-electron chi connectivity index (χ2n) is 3.53. The topological polar surface area (TPSA) is 122 Å². The normalized spacial score (nSPS) is 11.8. The molecule has 1 atom stereocenters. The standard InChI is InChI=1S/C9H15N7O/c1-16-6-12-5-7(16)8(9(10)17)13-3-2-4-14-15-11/h5-6,8,13H,2-4H2,1H3,(H2,10,17). The Morgan fingerprint density at radius 3 is 3.12 bits per heavy atom. The van der Waals surface area contributed by atoms with Crippen molar-refractivity contribution in [3.05, 3.63) is 28.7 Å². The molecule has 0 aliphatic carbocycles. The van der Waals surface area contributed by atoms with E-state index in [1.54, 1.807) is 24.1 Å². The zero-order valence-corrected chi connectivity index (χ0v) is 9.58. The van der Waals surface area contributed by atoms with Crippen molar-refractivity contribution in [2.24, 2.45) is 17.9 Å². The number of rotatable bonds is 7. The lowest BCUT2D eigenvalue weighted by Gasteiger charge is -2.15. The van der Waals surface area contributed by atoms with Crippen molar-refractivity contribution in [2.45, 2.75) is 12.5 Å². The van der Waals surface area contributed by atoms with Crippen molar-refractivity contribution >= 4 is 5.91 Å². The summed E-state index contributed by atoms with van der Waals surface area (Å²) in [6.45, 7) is 0.929. The van der Waals surface area contributed by atoms with Crippen LogP contribution < -0.4 is 11.1 Å². The Hall–Kier alpha value is -2.05. The van der Waals surface area contributed by atoms with Gasteiger partial charge in [-0.1, -0.05) is 5.11 Å². The summed E-state index contributed by atoms with van der Waals surface area (Å²) in [6, 6.07) is -0.575. The first-order valence-corrected chi connectivity index (χ1v) is 5.16. The minimum absolute atomic E-state index is 0.389. The molecule has 1 rings (SSSR count). The molecular weight excluding hydrogens is 222 g/mol. The van der Waals surface area contributed by atoms with Gasteiger partial charge < -0.3 is 15.6 Å². The first-order chi connectivity index (χ1) is 8.16. The predicted molar refractivity (Wildman–Crippen MR) is 61.8 cm³/mol. The van der Waals surface area contributed by atoms with Crippen molar-refractivity contribution in [3.63, 3.8) is 0 Å². The van der Waals surface area contributed by atoms with E-state index >= 15 is 0 Å². The SMILES string of the molecule is Cn1cncc1C(NCCCN=[N+]=[N-])C(N)=O. The number of primary amides is 1. The first-order valence-electron chi connectivity index (χ1n) is 5.16. The van der Waals surface area contributed by atoms with Gasteiger partial charge in [-0.25, -0.2) is 4.98 Å². The minimum atomic E-state index is -0.575. The summed E-state index contributed by atoms with van der Waals surface area (Å²) in [4.78, 5) is 17.9.